The molecule has 0 spiro atoms. The van der Waals surface area contributed by atoms with E-state index in [0.29, 0.717) is 22.1 Å². The van der Waals surface area contributed by atoms with E-state index in [2.05, 4.69) is 15.5 Å². The SMILES string of the molecule is Cc1c(-n2nnnc2SC(C(=O)c2ccccc2)C(C)C)c(=O)n(-c2ccccc2)n1C. The van der Waals surface area contributed by atoms with Crippen LogP contribution in [0.4, 0.5) is 0 Å². The first-order valence-corrected chi connectivity index (χ1v) is 11.2. The molecule has 0 radical (unpaired) electrons. The first kappa shape index (κ1) is 21.8. The number of Topliss-reactive ketones (excluding diaryl/α,β-unsaturated/α-hetero) is 1. The molecule has 0 aliphatic heterocycles. The third-order valence-electron chi connectivity index (χ3n) is 5.33. The fourth-order valence-corrected chi connectivity index (χ4v) is 4.62. The molecule has 0 bridgehead atoms. The van der Waals surface area contributed by atoms with Crippen LogP contribution in [0.2, 0.25) is 0 Å². The summed E-state index contributed by atoms with van der Waals surface area (Å²) in [6, 6.07) is 18.6. The van der Waals surface area contributed by atoms with Crippen LogP contribution in [0.25, 0.3) is 11.4 Å². The average Bonchev–Trinajstić information content (AvgIpc) is 3.34. The van der Waals surface area contributed by atoms with Gasteiger partial charge in [0.15, 0.2) is 11.5 Å². The monoisotopic (exact) mass is 448 g/mol. The Morgan fingerprint density at radius 3 is 2.25 bits per heavy atom. The maximum Gasteiger partial charge on any atom is 0.297 e. The molecule has 0 saturated carbocycles. The number of thioether (sulfide) groups is 1. The van der Waals surface area contributed by atoms with E-state index >= 15 is 0 Å². The van der Waals surface area contributed by atoms with Crippen LogP contribution >= 0.6 is 11.8 Å². The Balaban J connectivity index is 1.75. The van der Waals surface area contributed by atoms with E-state index in [1.165, 1.54) is 16.4 Å². The second-order valence-electron chi connectivity index (χ2n) is 7.80. The number of aromatic nitrogens is 6. The lowest BCUT2D eigenvalue weighted by Crippen LogP contribution is -2.25. The van der Waals surface area contributed by atoms with Gasteiger partial charge in [-0.1, -0.05) is 74.1 Å². The molecule has 1 unspecified atom stereocenters. The molecule has 2 heterocycles. The standard InChI is InChI=1S/C23H24N6O2S/c1-15(2)21(20(30)17-11-7-5-8-12-17)32-23-24-25-26-28(23)19-16(3)27(4)29(22(19)31)18-13-9-6-10-14-18/h5-15,21H,1-4H3. The Hall–Kier alpha value is -3.46. The third-order valence-corrected chi connectivity index (χ3v) is 6.81. The molecule has 1 atom stereocenters. The van der Waals surface area contributed by atoms with Crippen molar-refractivity contribution in [2.75, 3.05) is 0 Å². The van der Waals surface area contributed by atoms with Crippen LogP contribution in [0, 0.1) is 12.8 Å². The predicted molar refractivity (Wildman–Crippen MR) is 124 cm³/mol. The minimum Gasteiger partial charge on any atom is -0.293 e. The van der Waals surface area contributed by atoms with Crippen molar-refractivity contribution in [1.82, 2.24) is 29.6 Å². The van der Waals surface area contributed by atoms with E-state index < -0.39 is 5.25 Å². The summed E-state index contributed by atoms with van der Waals surface area (Å²) in [5.74, 6) is 0.0438. The minimum absolute atomic E-state index is 0.00614. The van der Waals surface area contributed by atoms with Crippen LogP contribution in [-0.2, 0) is 7.05 Å². The van der Waals surface area contributed by atoms with Gasteiger partial charge in [0, 0.05) is 12.6 Å². The highest BCUT2D eigenvalue weighted by molar-refractivity contribution is 8.00. The summed E-state index contributed by atoms with van der Waals surface area (Å²) >= 11 is 1.28. The molecule has 164 valence electrons. The van der Waals surface area contributed by atoms with Crippen LogP contribution in [0.5, 0.6) is 0 Å². The number of nitrogens with zero attached hydrogens (tertiary/aromatic N) is 6. The smallest absolute Gasteiger partial charge is 0.293 e. The zero-order chi connectivity index (χ0) is 22.8. The molecule has 0 aliphatic carbocycles. The summed E-state index contributed by atoms with van der Waals surface area (Å²) in [6.45, 7) is 5.83. The van der Waals surface area contributed by atoms with Crippen molar-refractivity contribution in [3.8, 4) is 11.4 Å². The fraction of sp³-hybridized carbons (Fsp3) is 0.261. The molecule has 9 heteroatoms. The van der Waals surface area contributed by atoms with Crippen molar-refractivity contribution in [2.45, 2.75) is 31.2 Å². The van der Waals surface area contributed by atoms with E-state index in [4.69, 9.17) is 0 Å². The molecule has 4 aromatic rings. The highest BCUT2D eigenvalue weighted by Gasteiger charge is 2.29. The van der Waals surface area contributed by atoms with Gasteiger partial charge in [0.2, 0.25) is 5.16 Å². The van der Waals surface area contributed by atoms with Gasteiger partial charge in [0.05, 0.1) is 16.6 Å². The number of para-hydroxylation sites is 1. The van der Waals surface area contributed by atoms with Gasteiger partial charge >= 0.3 is 0 Å². The lowest BCUT2D eigenvalue weighted by Gasteiger charge is -2.18. The molecule has 2 aromatic heterocycles. The van der Waals surface area contributed by atoms with Crippen LogP contribution in [-0.4, -0.2) is 40.6 Å². The van der Waals surface area contributed by atoms with Crippen molar-refractivity contribution >= 4 is 17.5 Å². The molecule has 0 amide bonds. The molecule has 0 fully saturated rings. The fourth-order valence-electron chi connectivity index (χ4n) is 3.56. The zero-order valence-electron chi connectivity index (χ0n) is 18.3. The molecule has 4 rings (SSSR count). The van der Waals surface area contributed by atoms with Crippen LogP contribution < -0.4 is 5.56 Å². The number of ketones is 1. The topological polar surface area (TPSA) is 87.6 Å². The summed E-state index contributed by atoms with van der Waals surface area (Å²) in [6.07, 6.45) is 0. The summed E-state index contributed by atoms with van der Waals surface area (Å²) in [5, 5.41) is 12.0. The number of benzene rings is 2. The van der Waals surface area contributed by atoms with Crippen molar-refractivity contribution in [1.29, 1.82) is 0 Å². The number of carbonyl (C=O) groups is 1. The number of hydrogen-bond acceptors (Lipinski definition) is 6. The number of rotatable bonds is 7. The summed E-state index contributed by atoms with van der Waals surface area (Å²) < 4.78 is 4.80. The highest BCUT2D eigenvalue weighted by Crippen LogP contribution is 2.30. The number of hydrogen-bond donors (Lipinski definition) is 0. The van der Waals surface area contributed by atoms with Crippen molar-refractivity contribution < 1.29 is 4.79 Å². The number of tetrazole rings is 1. The Bertz CT molecular complexity index is 1290. The van der Waals surface area contributed by atoms with Gasteiger partial charge in [-0.25, -0.2) is 4.68 Å². The van der Waals surface area contributed by atoms with E-state index in [9.17, 15) is 9.59 Å². The second kappa shape index (κ2) is 8.96. The Kier molecular flexibility index (Phi) is 6.09. The maximum atomic E-state index is 13.4. The largest absolute Gasteiger partial charge is 0.297 e. The predicted octanol–water partition coefficient (Wildman–Crippen LogP) is 3.46. The van der Waals surface area contributed by atoms with E-state index in [1.54, 1.807) is 21.5 Å². The lowest BCUT2D eigenvalue weighted by molar-refractivity contribution is 0.0975. The van der Waals surface area contributed by atoms with Gasteiger partial charge < -0.3 is 0 Å². The van der Waals surface area contributed by atoms with Crippen molar-refractivity contribution in [3.63, 3.8) is 0 Å². The zero-order valence-corrected chi connectivity index (χ0v) is 19.2. The minimum atomic E-state index is -0.400. The Morgan fingerprint density at radius 2 is 1.62 bits per heavy atom. The Labute approximate surface area is 189 Å². The van der Waals surface area contributed by atoms with Gasteiger partial charge in [0.1, 0.15) is 0 Å². The molecule has 0 saturated heterocycles. The lowest BCUT2D eigenvalue weighted by atomic mass is 10.0. The Morgan fingerprint density at radius 1 is 1.00 bits per heavy atom. The first-order valence-electron chi connectivity index (χ1n) is 10.3. The number of carbonyl (C=O) groups excluding carboxylic acids is 1. The molecule has 8 nitrogen and oxygen atoms in total. The molecule has 0 N–H and O–H groups in total. The van der Waals surface area contributed by atoms with E-state index in [-0.39, 0.29) is 17.3 Å². The van der Waals surface area contributed by atoms with Gasteiger partial charge in [-0.2, -0.15) is 4.68 Å². The highest BCUT2D eigenvalue weighted by atomic mass is 32.2. The normalized spacial score (nSPS) is 12.3. The molecular weight excluding hydrogens is 424 g/mol. The molecule has 32 heavy (non-hydrogen) atoms. The van der Waals surface area contributed by atoms with Gasteiger partial charge in [-0.3, -0.25) is 14.3 Å². The van der Waals surface area contributed by atoms with Gasteiger partial charge in [-0.05, 0) is 35.4 Å². The van der Waals surface area contributed by atoms with Crippen LogP contribution in [0.3, 0.4) is 0 Å². The summed E-state index contributed by atoms with van der Waals surface area (Å²) in [5.41, 5.74) is 2.22. The second-order valence-corrected chi connectivity index (χ2v) is 8.90. The van der Waals surface area contributed by atoms with E-state index in [1.807, 2.05) is 76.3 Å². The summed E-state index contributed by atoms with van der Waals surface area (Å²) in [7, 11) is 1.82. The van der Waals surface area contributed by atoms with Crippen molar-refractivity contribution in [2.24, 2.45) is 13.0 Å². The molecular formula is C23H24N6O2S. The van der Waals surface area contributed by atoms with Gasteiger partial charge in [-0.15, -0.1) is 5.10 Å². The van der Waals surface area contributed by atoms with Crippen molar-refractivity contribution in [3.05, 3.63) is 82.3 Å². The summed E-state index contributed by atoms with van der Waals surface area (Å²) in [4.78, 5) is 26.6. The van der Waals surface area contributed by atoms with Crippen LogP contribution in [0.15, 0.2) is 70.6 Å². The first-order chi connectivity index (χ1) is 15.4. The maximum absolute atomic E-state index is 13.4. The quantitative estimate of drug-likeness (QED) is 0.318. The van der Waals surface area contributed by atoms with E-state index in [0.717, 1.165) is 5.69 Å². The van der Waals surface area contributed by atoms with Gasteiger partial charge in [0.25, 0.3) is 5.56 Å². The average molecular weight is 449 g/mol. The third kappa shape index (κ3) is 3.91. The van der Waals surface area contributed by atoms with Crippen LogP contribution in [0.1, 0.15) is 29.9 Å². The molecule has 2 aromatic carbocycles. The molecule has 0 aliphatic rings.